The van der Waals surface area contributed by atoms with Crippen molar-refractivity contribution in [2.75, 3.05) is 26.7 Å². The van der Waals surface area contributed by atoms with E-state index in [1.807, 2.05) is 37.3 Å². The Hall–Kier alpha value is -1.88. The fourth-order valence-corrected chi connectivity index (χ4v) is 1.88. The molecule has 0 fully saturated rings. The first kappa shape index (κ1) is 15.2. The molecule has 1 unspecified atom stereocenters. The third-order valence-electron chi connectivity index (χ3n) is 3.04. The summed E-state index contributed by atoms with van der Waals surface area (Å²) in [7, 11) is 1.55. The van der Waals surface area contributed by atoms with Gasteiger partial charge in [0.15, 0.2) is 0 Å². The number of likely N-dealkylation sites (N-methyl/N-ethyl adjacent to an activating group) is 2. The van der Waals surface area contributed by atoms with Gasteiger partial charge in [0.25, 0.3) is 0 Å². The van der Waals surface area contributed by atoms with Gasteiger partial charge in [-0.3, -0.25) is 9.59 Å². The van der Waals surface area contributed by atoms with E-state index in [0.717, 1.165) is 5.56 Å². The number of nitrogens with one attached hydrogen (secondary N) is 1. The summed E-state index contributed by atoms with van der Waals surface area (Å²) < 4.78 is 0. The molecule has 0 aromatic heterocycles. The van der Waals surface area contributed by atoms with Gasteiger partial charge in [-0.15, -0.1) is 0 Å². The first-order chi connectivity index (χ1) is 9.13. The van der Waals surface area contributed by atoms with Gasteiger partial charge in [-0.25, -0.2) is 0 Å². The van der Waals surface area contributed by atoms with E-state index in [2.05, 4.69) is 5.32 Å². The van der Waals surface area contributed by atoms with Crippen LogP contribution in [0.2, 0.25) is 0 Å². The van der Waals surface area contributed by atoms with Crippen LogP contribution in [0.25, 0.3) is 0 Å². The van der Waals surface area contributed by atoms with Crippen molar-refractivity contribution >= 4 is 11.8 Å². The molecule has 19 heavy (non-hydrogen) atoms. The fourth-order valence-electron chi connectivity index (χ4n) is 1.88. The molecule has 0 saturated carbocycles. The molecule has 104 valence electrons. The van der Waals surface area contributed by atoms with Crippen LogP contribution in [0.15, 0.2) is 30.3 Å². The zero-order valence-corrected chi connectivity index (χ0v) is 11.4. The second-order valence-corrected chi connectivity index (χ2v) is 4.22. The SMILES string of the molecule is CCN(CC(=O)NC)C(=O)C(CN)c1ccccc1. The summed E-state index contributed by atoms with van der Waals surface area (Å²) >= 11 is 0. The fraction of sp³-hybridized carbons (Fsp3) is 0.429. The molecule has 0 radical (unpaired) electrons. The highest BCUT2D eigenvalue weighted by Crippen LogP contribution is 2.17. The molecule has 0 aliphatic heterocycles. The predicted octanol–water partition coefficient (Wildman–Crippen LogP) is 0.323. The number of amides is 2. The zero-order chi connectivity index (χ0) is 14.3. The molecule has 0 aliphatic rings. The highest BCUT2D eigenvalue weighted by Gasteiger charge is 2.24. The molecule has 0 aliphatic carbocycles. The van der Waals surface area contributed by atoms with Crippen LogP contribution in [0, 0.1) is 0 Å². The van der Waals surface area contributed by atoms with Crippen molar-refractivity contribution in [3.05, 3.63) is 35.9 Å². The third kappa shape index (κ3) is 4.06. The Kier molecular flexibility index (Phi) is 6.02. The Morgan fingerprint density at radius 3 is 2.42 bits per heavy atom. The van der Waals surface area contributed by atoms with Crippen molar-refractivity contribution in [2.45, 2.75) is 12.8 Å². The molecule has 1 atom stereocenters. The molecule has 5 heteroatoms. The lowest BCUT2D eigenvalue weighted by Crippen LogP contribution is -2.43. The van der Waals surface area contributed by atoms with E-state index in [1.54, 1.807) is 7.05 Å². The van der Waals surface area contributed by atoms with Crippen LogP contribution < -0.4 is 11.1 Å². The van der Waals surface area contributed by atoms with E-state index in [0.29, 0.717) is 6.54 Å². The molecular formula is C14H21N3O2. The van der Waals surface area contributed by atoms with E-state index in [9.17, 15) is 9.59 Å². The highest BCUT2D eigenvalue weighted by atomic mass is 16.2. The van der Waals surface area contributed by atoms with E-state index < -0.39 is 5.92 Å². The topological polar surface area (TPSA) is 75.4 Å². The van der Waals surface area contributed by atoms with Crippen LogP contribution in [0.5, 0.6) is 0 Å². The molecule has 1 aromatic rings. The van der Waals surface area contributed by atoms with Crippen molar-refractivity contribution in [2.24, 2.45) is 5.73 Å². The Morgan fingerprint density at radius 1 is 1.32 bits per heavy atom. The van der Waals surface area contributed by atoms with Gasteiger partial charge in [0.2, 0.25) is 11.8 Å². The maximum Gasteiger partial charge on any atom is 0.239 e. The second kappa shape index (κ2) is 7.53. The molecule has 2 amide bonds. The van der Waals surface area contributed by atoms with Gasteiger partial charge in [0, 0.05) is 20.1 Å². The standard InChI is InChI=1S/C14H21N3O2/c1-3-17(10-13(18)16-2)14(19)12(9-15)11-7-5-4-6-8-11/h4-8,12H,3,9-10,15H2,1-2H3,(H,16,18). The Morgan fingerprint density at radius 2 is 1.95 bits per heavy atom. The maximum atomic E-state index is 12.4. The number of rotatable bonds is 6. The molecule has 1 rings (SSSR count). The van der Waals surface area contributed by atoms with Gasteiger partial charge in [0.05, 0.1) is 12.5 Å². The first-order valence-electron chi connectivity index (χ1n) is 6.38. The summed E-state index contributed by atoms with van der Waals surface area (Å²) in [6.45, 7) is 2.62. The van der Waals surface area contributed by atoms with Crippen LogP contribution >= 0.6 is 0 Å². The zero-order valence-electron chi connectivity index (χ0n) is 11.4. The number of nitrogens with zero attached hydrogens (tertiary/aromatic N) is 1. The monoisotopic (exact) mass is 263 g/mol. The molecule has 3 N–H and O–H groups in total. The van der Waals surface area contributed by atoms with Crippen LogP contribution in [-0.2, 0) is 9.59 Å². The number of carbonyl (C=O) groups excluding carboxylic acids is 2. The summed E-state index contributed by atoms with van der Waals surface area (Å²) in [6, 6.07) is 9.40. The predicted molar refractivity (Wildman–Crippen MR) is 74.6 cm³/mol. The van der Waals surface area contributed by atoms with Crippen LogP contribution in [0.4, 0.5) is 0 Å². The van der Waals surface area contributed by atoms with Crippen molar-refractivity contribution in [1.82, 2.24) is 10.2 Å². The van der Waals surface area contributed by atoms with E-state index in [1.165, 1.54) is 4.90 Å². The lowest BCUT2D eigenvalue weighted by molar-refractivity contribution is -0.136. The molecule has 0 heterocycles. The van der Waals surface area contributed by atoms with Gasteiger partial charge in [0.1, 0.15) is 0 Å². The highest BCUT2D eigenvalue weighted by molar-refractivity contribution is 5.88. The van der Waals surface area contributed by atoms with Crippen molar-refractivity contribution < 1.29 is 9.59 Å². The Bertz CT molecular complexity index is 420. The lowest BCUT2D eigenvalue weighted by Gasteiger charge is -2.25. The van der Waals surface area contributed by atoms with Gasteiger partial charge in [-0.1, -0.05) is 30.3 Å². The Labute approximate surface area is 113 Å². The molecule has 1 aromatic carbocycles. The van der Waals surface area contributed by atoms with Crippen LogP contribution in [0.3, 0.4) is 0 Å². The first-order valence-corrected chi connectivity index (χ1v) is 6.38. The van der Waals surface area contributed by atoms with Crippen LogP contribution in [0.1, 0.15) is 18.4 Å². The number of benzene rings is 1. The van der Waals surface area contributed by atoms with E-state index in [-0.39, 0.29) is 24.9 Å². The minimum Gasteiger partial charge on any atom is -0.358 e. The number of carbonyl (C=O) groups is 2. The van der Waals surface area contributed by atoms with E-state index >= 15 is 0 Å². The molecular weight excluding hydrogens is 242 g/mol. The number of hydrogen-bond acceptors (Lipinski definition) is 3. The number of nitrogens with two attached hydrogens (primary N) is 1. The van der Waals surface area contributed by atoms with Crippen molar-refractivity contribution in [3.63, 3.8) is 0 Å². The van der Waals surface area contributed by atoms with Gasteiger partial charge in [-0.2, -0.15) is 0 Å². The maximum absolute atomic E-state index is 12.4. The minimum absolute atomic E-state index is 0.0646. The molecule has 0 saturated heterocycles. The lowest BCUT2D eigenvalue weighted by atomic mass is 9.97. The summed E-state index contributed by atoms with van der Waals surface area (Å²) in [5.74, 6) is -0.690. The quantitative estimate of drug-likeness (QED) is 0.776. The second-order valence-electron chi connectivity index (χ2n) is 4.22. The van der Waals surface area contributed by atoms with Gasteiger partial charge < -0.3 is 16.0 Å². The van der Waals surface area contributed by atoms with E-state index in [4.69, 9.17) is 5.73 Å². The van der Waals surface area contributed by atoms with Gasteiger partial charge in [-0.05, 0) is 12.5 Å². The largest absolute Gasteiger partial charge is 0.358 e. The number of hydrogen-bond donors (Lipinski definition) is 2. The summed E-state index contributed by atoms with van der Waals surface area (Å²) in [5, 5.41) is 2.52. The third-order valence-corrected chi connectivity index (χ3v) is 3.04. The average molecular weight is 263 g/mol. The summed E-state index contributed by atoms with van der Waals surface area (Å²) in [4.78, 5) is 25.3. The van der Waals surface area contributed by atoms with Crippen molar-refractivity contribution in [3.8, 4) is 0 Å². The minimum atomic E-state index is -0.397. The van der Waals surface area contributed by atoms with Gasteiger partial charge >= 0.3 is 0 Å². The van der Waals surface area contributed by atoms with Crippen LogP contribution in [-0.4, -0.2) is 43.4 Å². The normalized spacial score (nSPS) is 11.7. The summed E-state index contributed by atoms with van der Waals surface area (Å²) in [5.41, 5.74) is 6.59. The summed E-state index contributed by atoms with van der Waals surface area (Å²) in [6.07, 6.45) is 0. The molecule has 0 spiro atoms. The smallest absolute Gasteiger partial charge is 0.239 e. The Balaban J connectivity index is 2.85. The molecule has 5 nitrogen and oxygen atoms in total. The molecule has 0 bridgehead atoms. The average Bonchev–Trinajstić information content (AvgIpc) is 2.46. The van der Waals surface area contributed by atoms with Crippen molar-refractivity contribution in [1.29, 1.82) is 0 Å².